The summed E-state index contributed by atoms with van der Waals surface area (Å²) < 4.78 is 34.0. The van der Waals surface area contributed by atoms with E-state index in [9.17, 15) is 8.42 Å². The standard InChI is InChI=1S/C14H27N3O3S/c1-4-17-12-14(10-13(17)11-15-2)21(18,19)16-8-6-5-7-9-20-3/h10,12,15-16H,4-9,11H2,1-3H3. The molecule has 0 aliphatic heterocycles. The Morgan fingerprint density at radius 1 is 1.29 bits per heavy atom. The fraction of sp³-hybridized carbons (Fsp3) is 0.714. The van der Waals surface area contributed by atoms with Gasteiger partial charge in [0.15, 0.2) is 0 Å². The first-order valence-electron chi connectivity index (χ1n) is 7.37. The molecule has 21 heavy (non-hydrogen) atoms. The molecule has 1 heterocycles. The summed E-state index contributed by atoms with van der Waals surface area (Å²) in [6.07, 6.45) is 4.43. The van der Waals surface area contributed by atoms with E-state index in [1.807, 2.05) is 18.5 Å². The minimum absolute atomic E-state index is 0.339. The number of ether oxygens (including phenoxy) is 1. The summed E-state index contributed by atoms with van der Waals surface area (Å²) in [4.78, 5) is 0.339. The zero-order valence-corrected chi connectivity index (χ0v) is 14.0. The predicted molar refractivity (Wildman–Crippen MR) is 83.8 cm³/mol. The van der Waals surface area contributed by atoms with Gasteiger partial charge in [0, 0.05) is 45.2 Å². The van der Waals surface area contributed by atoms with Crippen LogP contribution in [-0.2, 0) is 27.8 Å². The topological polar surface area (TPSA) is 72.4 Å². The maximum absolute atomic E-state index is 12.2. The molecule has 0 bridgehead atoms. The Morgan fingerprint density at radius 2 is 2.05 bits per heavy atom. The molecule has 0 aliphatic rings. The van der Waals surface area contributed by atoms with E-state index in [-0.39, 0.29) is 0 Å². The number of hydrogen-bond donors (Lipinski definition) is 2. The molecule has 0 unspecified atom stereocenters. The molecule has 122 valence electrons. The number of aryl methyl sites for hydroxylation is 1. The first-order chi connectivity index (χ1) is 10.0. The molecule has 0 aromatic carbocycles. The van der Waals surface area contributed by atoms with E-state index >= 15 is 0 Å². The van der Waals surface area contributed by atoms with Crippen molar-refractivity contribution in [2.24, 2.45) is 0 Å². The predicted octanol–water partition coefficient (Wildman–Crippen LogP) is 1.32. The van der Waals surface area contributed by atoms with Crippen LogP contribution in [0.5, 0.6) is 0 Å². The molecule has 0 saturated heterocycles. The van der Waals surface area contributed by atoms with Gasteiger partial charge in [-0.05, 0) is 39.3 Å². The van der Waals surface area contributed by atoms with Crippen molar-refractivity contribution in [1.82, 2.24) is 14.6 Å². The average molecular weight is 317 g/mol. The number of unbranched alkanes of at least 4 members (excludes halogenated alkanes) is 2. The second-order valence-corrected chi connectivity index (χ2v) is 6.70. The Balaban J connectivity index is 2.57. The molecule has 0 amide bonds. The summed E-state index contributed by atoms with van der Waals surface area (Å²) in [5, 5.41) is 3.05. The summed E-state index contributed by atoms with van der Waals surface area (Å²) in [6.45, 7) is 4.59. The second kappa shape index (κ2) is 9.19. The van der Waals surface area contributed by atoms with Crippen LogP contribution >= 0.6 is 0 Å². The van der Waals surface area contributed by atoms with Crippen LogP contribution in [0.2, 0.25) is 0 Å². The summed E-state index contributed by atoms with van der Waals surface area (Å²) in [5.41, 5.74) is 0.973. The SMILES string of the molecule is CCn1cc(S(=O)(=O)NCCCCCOC)cc1CNC. The lowest BCUT2D eigenvalue weighted by Gasteiger charge is -2.05. The van der Waals surface area contributed by atoms with E-state index in [1.165, 1.54) is 0 Å². The van der Waals surface area contributed by atoms with Gasteiger partial charge in [0.25, 0.3) is 0 Å². The van der Waals surface area contributed by atoms with Gasteiger partial charge in [-0.15, -0.1) is 0 Å². The highest BCUT2D eigenvalue weighted by Gasteiger charge is 2.17. The van der Waals surface area contributed by atoms with Crippen LogP contribution < -0.4 is 10.0 Å². The number of nitrogens with one attached hydrogen (secondary N) is 2. The van der Waals surface area contributed by atoms with Gasteiger partial charge in [0.1, 0.15) is 0 Å². The zero-order chi connectivity index (χ0) is 15.7. The molecule has 2 N–H and O–H groups in total. The van der Waals surface area contributed by atoms with E-state index in [4.69, 9.17) is 4.74 Å². The van der Waals surface area contributed by atoms with Crippen molar-refractivity contribution in [3.8, 4) is 0 Å². The van der Waals surface area contributed by atoms with Crippen LogP contribution in [0.15, 0.2) is 17.2 Å². The van der Waals surface area contributed by atoms with Crippen LogP contribution in [0.4, 0.5) is 0 Å². The van der Waals surface area contributed by atoms with Crippen LogP contribution in [0.1, 0.15) is 31.9 Å². The van der Waals surface area contributed by atoms with Crippen LogP contribution in [-0.4, -0.2) is 40.3 Å². The summed E-state index contributed by atoms with van der Waals surface area (Å²) in [5.74, 6) is 0. The molecule has 0 fully saturated rings. The van der Waals surface area contributed by atoms with Gasteiger partial charge >= 0.3 is 0 Å². The van der Waals surface area contributed by atoms with Crippen molar-refractivity contribution in [1.29, 1.82) is 0 Å². The molecule has 1 aromatic heterocycles. The molecule has 0 radical (unpaired) electrons. The maximum atomic E-state index is 12.2. The van der Waals surface area contributed by atoms with Gasteiger partial charge in [0.05, 0.1) is 4.90 Å². The van der Waals surface area contributed by atoms with E-state index in [1.54, 1.807) is 19.4 Å². The summed E-state index contributed by atoms with van der Waals surface area (Å²) in [7, 11) is 0.104. The molecule has 0 spiro atoms. The molecule has 7 heteroatoms. The Hall–Kier alpha value is -0.890. The van der Waals surface area contributed by atoms with E-state index in [0.29, 0.717) is 18.0 Å². The van der Waals surface area contributed by atoms with Crippen LogP contribution in [0.25, 0.3) is 0 Å². The van der Waals surface area contributed by atoms with Gasteiger partial charge in [-0.1, -0.05) is 0 Å². The quantitative estimate of drug-likeness (QED) is 0.604. The minimum atomic E-state index is -3.41. The third-order valence-corrected chi connectivity index (χ3v) is 4.72. The molecule has 1 rings (SSSR count). The van der Waals surface area contributed by atoms with E-state index < -0.39 is 10.0 Å². The summed E-state index contributed by atoms with van der Waals surface area (Å²) in [6, 6.07) is 1.73. The lowest BCUT2D eigenvalue weighted by molar-refractivity contribution is 0.192. The van der Waals surface area contributed by atoms with Crippen molar-refractivity contribution in [2.45, 2.75) is 44.2 Å². The van der Waals surface area contributed by atoms with Gasteiger partial charge in [-0.3, -0.25) is 0 Å². The Morgan fingerprint density at radius 3 is 2.67 bits per heavy atom. The molecular formula is C14H27N3O3S. The number of hydrogen-bond acceptors (Lipinski definition) is 4. The Kier molecular flexibility index (Phi) is 7.95. The number of nitrogens with zero attached hydrogens (tertiary/aromatic N) is 1. The van der Waals surface area contributed by atoms with Gasteiger partial charge in [-0.2, -0.15) is 0 Å². The fourth-order valence-electron chi connectivity index (χ4n) is 2.13. The van der Waals surface area contributed by atoms with Crippen molar-refractivity contribution in [3.63, 3.8) is 0 Å². The number of rotatable bonds is 11. The molecule has 0 atom stereocenters. The zero-order valence-electron chi connectivity index (χ0n) is 13.2. The van der Waals surface area contributed by atoms with Crippen LogP contribution in [0.3, 0.4) is 0 Å². The molecular weight excluding hydrogens is 290 g/mol. The third kappa shape index (κ3) is 5.78. The minimum Gasteiger partial charge on any atom is -0.385 e. The largest absolute Gasteiger partial charge is 0.385 e. The lowest BCUT2D eigenvalue weighted by Crippen LogP contribution is -2.24. The highest BCUT2D eigenvalue weighted by molar-refractivity contribution is 7.89. The van der Waals surface area contributed by atoms with Gasteiger partial charge < -0.3 is 14.6 Å². The molecule has 0 aliphatic carbocycles. The fourth-order valence-corrected chi connectivity index (χ4v) is 3.27. The van der Waals surface area contributed by atoms with Gasteiger partial charge in [-0.25, -0.2) is 13.1 Å². The van der Waals surface area contributed by atoms with Crippen molar-refractivity contribution >= 4 is 10.0 Å². The Bertz CT molecular complexity index is 512. The van der Waals surface area contributed by atoms with Crippen molar-refractivity contribution in [2.75, 3.05) is 27.3 Å². The summed E-state index contributed by atoms with van der Waals surface area (Å²) >= 11 is 0. The number of methoxy groups -OCH3 is 1. The number of aromatic nitrogens is 1. The van der Waals surface area contributed by atoms with Crippen LogP contribution in [0, 0.1) is 0 Å². The molecule has 6 nitrogen and oxygen atoms in total. The second-order valence-electron chi connectivity index (χ2n) is 4.93. The monoisotopic (exact) mass is 317 g/mol. The maximum Gasteiger partial charge on any atom is 0.242 e. The van der Waals surface area contributed by atoms with E-state index in [0.717, 1.165) is 38.1 Å². The average Bonchev–Trinajstić information content (AvgIpc) is 2.87. The Labute approximate surface area is 127 Å². The highest BCUT2D eigenvalue weighted by atomic mass is 32.2. The van der Waals surface area contributed by atoms with Crippen molar-refractivity contribution < 1.29 is 13.2 Å². The molecule has 0 saturated carbocycles. The normalized spacial score (nSPS) is 12.0. The lowest BCUT2D eigenvalue weighted by atomic mass is 10.2. The first kappa shape index (κ1) is 18.2. The number of sulfonamides is 1. The highest BCUT2D eigenvalue weighted by Crippen LogP contribution is 2.14. The third-order valence-electron chi connectivity index (χ3n) is 3.29. The van der Waals surface area contributed by atoms with E-state index in [2.05, 4.69) is 10.0 Å². The van der Waals surface area contributed by atoms with Gasteiger partial charge in [0.2, 0.25) is 10.0 Å². The smallest absolute Gasteiger partial charge is 0.242 e. The molecule has 1 aromatic rings. The first-order valence-corrected chi connectivity index (χ1v) is 8.85. The van der Waals surface area contributed by atoms with Crippen molar-refractivity contribution in [3.05, 3.63) is 18.0 Å².